The molecular weight excluding hydrogens is 196 g/mol. The molecule has 1 saturated heterocycles. The molecule has 15 heavy (non-hydrogen) atoms. The molecule has 1 amide bonds. The van der Waals surface area contributed by atoms with Gasteiger partial charge in [-0.25, -0.2) is 0 Å². The van der Waals surface area contributed by atoms with Gasteiger partial charge in [0.05, 0.1) is 0 Å². The number of carbonyl (C=O) groups excluding carboxylic acids is 1. The van der Waals surface area contributed by atoms with Gasteiger partial charge >= 0.3 is 0 Å². The van der Waals surface area contributed by atoms with E-state index in [-0.39, 0.29) is 30.4 Å². The van der Waals surface area contributed by atoms with Crippen LogP contribution in [0.15, 0.2) is 5.11 Å². The number of aliphatic hydroxyl groups excluding tert-OH is 1. The number of hydrogen-bond acceptors (Lipinski definition) is 3. The number of aliphatic hydroxyl groups is 1. The van der Waals surface area contributed by atoms with Crippen molar-refractivity contribution in [2.24, 2.45) is 16.4 Å². The Balaban J connectivity index is 2.61. The van der Waals surface area contributed by atoms with Gasteiger partial charge in [0.15, 0.2) is 0 Å². The van der Waals surface area contributed by atoms with E-state index in [9.17, 15) is 4.79 Å². The van der Waals surface area contributed by atoms with Crippen LogP contribution in [-0.4, -0.2) is 42.2 Å². The van der Waals surface area contributed by atoms with Gasteiger partial charge in [-0.3, -0.25) is 4.79 Å². The van der Waals surface area contributed by atoms with Crippen molar-refractivity contribution in [3.05, 3.63) is 10.4 Å². The summed E-state index contributed by atoms with van der Waals surface area (Å²) in [6.45, 7) is 5.15. The van der Waals surface area contributed by atoms with Crippen molar-refractivity contribution in [2.45, 2.75) is 13.8 Å². The van der Waals surface area contributed by atoms with E-state index in [4.69, 9.17) is 10.6 Å². The molecular formula is C9H16N4O2. The summed E-state index contributed by atoms with van der Waals surface area (Å²) in [7, 11) is 0. The van der Waals surface area contributed by atoms with Crippen LogP contribution in [0.2, 0.25) is 0 Å². The predicted octanol–water partition coefficient (Wildman–Crippen LogP) is 0.774. The molecule has 0 aromatic heterocycles. The average molecular weight is 212 g/mol. The lowest BCUT2D eigenvalue weighted by molar-refractivity contribution is -0.129. The quantitative estimate of drug-likeness (QED) is 0.425. The second-order valence-electron chi connectivity index (χ2n) is 4.53. The van der Waals surface area contributed by atoms with E-state index < -0.39 is 0 Å². The van der Waals surface area contributed by atoms with Gasteiger partial charge in [-0.05, 0) is 10.9 Å². The highest BCUT2D eigenvalue weighted by Crippen LogP contribution is 2.34. The molecule has 0 aromatic carbocycles. The zero-order chi connectivity index (χ0) is 11.5. The number of hydrogen-bond donors (Lipinski definition) is 1. The number of nitrogens with zero attached hydrogens (tertiary/aromatic N) is 4. The molecule has 84 valence electrons. The van der Waals surface area contributed by atoms with E-state index in [1.807, 2.05) is 13.8 Å². The molecule has 1 fully saturated rings. The summed E-state index contributed by atoms with van der Waals surface area (Å²) >= 11 is 0. The third-order valence-corrected chi connectivity index (χ3v) is 2.99. The van der Waals surface area contributed by atoms with Crippen LogP contribution in [0, 0.1) is 11.3 Å². The second-order valence-corrected chi connectivity index (χ2v) is 4.53. The summed E-state index contributed by atoms with van der Waals surface area (Å²) in [5.41, 5.74) is 8.04. The summed E-state index contributed by atoms with van der Waals surface area (Å²) in [5.74, 6) is -0.0654. The Hall–Kier alpha value is -1.26. The van der Waals surface area contributed by atoms with Crippen molar-refractivity contribution in [1.29, 1.82) is 0 Å². The highest BCUT2D eigenvalue weighted by Gasteiger charge is 2.40. The summed E-state index contributed by atoms with van der Waals surface area (Å²) < 4.78 is 0. The minimum absolute atomic E-state index is 0.0687. The summed E-state index contributed by atoms with van der Waals surface area (Å²) in [6, 6.07) is 0. The van der Waals surface area contributed by atoms with Crippen molar-refractivity contribution in [3.8, 4) is 0 Å². The van der Waals surface area contributed by atoms with Gasteiger partial charge in [-0.1, -0.05) is 19.0 Å². The smallest absolute Gasteiger partial charge is 0.228 e. The van der Waals surface area contributed by atoms with Crippen LogP contribution in [0.5, 0.6) is 0 Å². The van der Waals surface area contributed by atoms with Crippen LogP contribution in [0.1, 0.15) is 13.8 Å². The molecule has 1 atom stereocenters. The third kappa shape index (κ3) is 2.61. The maximum absolute atomic E-state index is 11.5. The van der Waals surface area contributed by atoms with Gasteiger partial charge in [0.1, 0.15) is 6.54 Å². The summed E-state index contributed by atoms with van der Waals surface area (Å²) in [6.07, 6.45) is 0. The SMILES string of the molecule is CC1(C)CN(C(=O)CN=[N+]=[N-])C[C@@H]1CO. The Kier molecular flexibility index (Phi) is 3.55. The molecule has 0 saturated carbocycles. The molecule has 1 aliphatic rings. The molecule has 6 nitrogen and oxygen atoms in total. The molecule has 1 aliphatic heterocycles. The summed E-state index contributed by atoms with van der Waals surface area (Å²) in [5, 5.41) is 12.4. The normalized spacial score (nSPS) is 23.7. The minimum atomic E-state index is -0.170. The fourth-order valence-electron chi connectivity index (χ4n) is 1.89. The van der Waals surface area contributed by atoms with Crippen LogP contribution in [0.4, 0.5) is 0 Å². The van der Waals surface area contributed by atoms with Gasteiger partial charge in [0.25, 0.3) is 0 Å². The Bertz CT molecular complexity index is 296. The first-order valence-electron chi connectivity index (χ1n) is 4.90. The fourth-order valence-corrected chi connectivity index (χ4v) is 1.89. The fraction of sp³-hybridized carbons (Fsp3) is 0.889. The first-order valence-corrected chi connectivity index (χ1v) is 4.90. The van der Waals surface area contributed by atoms with E-state index in [1.54, 1.807) is 4.90 Å². The second kappa shape index (κ2) is 4.51. The minimum Gasteiger partial charge on any atom is -0.396 e. The van der Waals surface area contributed by atoms with E-state index in [0.717, 1.165) is 0 Å². The van der Waals surface area contributed by atoms with E-state index in [0.29, 0.717) is 13.1 Å². The van der Waals surface area contributed by atoms with Crippen LogP contribution < -0.4 is 0 Å². The number of azide groups is 1. The van der Waals surface area contributed by atoms with Crippen molar-refractivity contribution in [1.82, 2.24) is 4.90 Å². The molecule has 1 rings (SSSR count). The molecule has 6 heteroatoms. The van der Waals surface area contributed by atoms with Gasteiger partial charge in [0.2, 0.25) is 5.91 Å². The van der Waals surface area contributed by atoms with Gasteiger partial charge < -0.3 is 10.0 Å². The number of rotatable bonds is 3. The molecule has 0 spiro atoms. The zero-order valence-electron chi connectivity index (χ0n) is 9.05. The van der Waals surface area contributed by atoms with Crippen molar-refractivity contribution < 1.29 is 9.90 Å². The monoisotopic (exact) mass is 212 g/mol. The molecule has 0 unspecified atom stereocenters. The molecule has 1 N–H and O–H groups in total. The number of carbonyl (C=O) groups is 1. The Labute approximate surface area is 88.5 Å². The van der Waals surface area contributed by atoms with Crippen molar-refractivity contribution in [3.63, 3.8) is 0 Å². The Morgan fingerprint density at radius 3 is 2.87 bits per heavy atom. The van der Waals surface area contributed by atoms with Crippen LogP contribution in [0.25, 0.3) is 10.4 Å². The first-order chi connectivity index (χ1) is 7.01. The van der Waals surface area contributed by atoms with Gasteiger partial charge in [-0.2, -0.15) is 0 Å². The Morgan fingerprint density at radius 2 is 2.40 bits per heavy atom. The maximum atomic E-state index is 11.5. The standard InChI is InChI=1S/C9H16N4O2/c1-9(2)6-13(4-7(9)5-14)8(15)3-11-12-10/h7,14H,3-6H2,1-2H3/t7-/m1/s1. The van der Waals surface area contributed by atoms with Crippen LogP contribution in [0.3, 0.4) is 0 Å². The highest BCUT2D eigenvalue weighted by molar-refractivity contribution is 5.78. The molecule has 0 bridgehead atoms. The maximum Gasteiger partial charge on any atom is 0.228 e. The topological polar surface area (TPSA) is 89.3 Å². The van der Waals surface area contributed by atoms with E-state index in [1.165, 1.54) is 0 Å². The van der Waals surface area contributed by atoms with Crippen LogP contribution in [-0.2, 0) is 4.79 Å². The van der Waals surface area contributed by atoms with E-state index >= 15 is 0 Å². The molecule has 0 aromatic rings. The first kappa shape index (κ1) is 11.8. The van der Waals surface area contributed by atoms with Gasteiger partial charge in [-0.15, -0.1) is 0 Å². The van der Waals surface area contributed by atoms with Crippen molar-refractivity contribution >= 4 is 5.91 Å². The largest absolute Gasteiger partial charge is 0.396 e. The molecule has 1 heterocycles. The van der Waals surface area contributed by atoms with Crippen LogP contribution >= 0.6 is 0 Å². The predicted molar refractivity (Wildman–Crippen MR) is 54.9 cm³/mol. The lowest BCUT2D eigenvalue weighted by Crippen LogP contribution is -2.31. The van der Waals surface area contributed by atoms with Gasteiger partial charge in [0, 0.05) is 30.5 Å². The van der Waals surface area contributed by atoms with E-state index in [2.05, 4.69) is 10.0 Å². The average Bonchev–Trinajstić information content (AvgIpc) is 2.50. The molecule has 0 radical (unpaired) electrons. The lowest BCUT2D eigenvalue weighted by Gasteiger charge is -2.23. The van der Waals surface area contributed by atoms with Crippen molar-refractivity contribution in [2.75, 3.05) is 26.2 Å². The Morgan fingerprint density at radius 1 is 1.73 bits per heavy atom. The number of amides is 1. The summed E-state index contributed by atoms with van der Waals surface area (Å²) in [4.78, 5) is 15.7. The zero-order valence-corrected chi connectivity index (χ0v) is 9.05. The third-order valence-electron chi connectivity index (χ3n) is 2.99. The lowest BCUT2D eigenvalue weighted by atomic mass is 9.83. The molecule has 0 aliphatic carbocycles. The number of likely N-dealkylation sites (tertiary alicyclic amines) is 1. The highest BCUT2D eigenvalue weighted by atomic mass is 16.3.